The summed E-state index contributed by atoms with van der Waals surface area (Å²) in [5, 5.41) is 6.47. The summed E-state index contributed by atoms with van der Waals surface area (Å²) < 4.78 is 5.63. The summed E-state index contributed by atoms with van der Waals surface area (Å²) in [4.78, 5) is 26.0. The van der Waals surface area contributed by atoms with Crippen molar-refractivity contribution >= 4 is 45.5 Å². The predicted octanol–water partition coefficient (Wildman–Crippen LogP) is 5.30. The number of fused-ring (bicyclic) bond motifs is 1. The van der Waals surface area contributed by atoms with Crippen molar-refractivity contribution in [2.45, 2.75) is 59.8 Å². The number of amides is 2. The number of thiophene rings is 1. The Hall–Kier alpha value is -2.45. The number of hydrogen-bond acceptors (Lipinski definition) is 5. The van der Waals surface area contributed by atoms with Crippen LogP contribution >= 0.6 is 23.6 Å². The van der Waals surface area contributed by atoms with E-state index >= 15 is 0 Å². The number of carbonyl (C=O) groups excluding carboxylic acids is 2. The average molecular weight is 488 g/mol. The Morgan fingerprint density at radius 1 is 1.24 bits per heavy atom. The third kappa shape index (κ3) is 6.32. The quantitative estimate of drug-likeness (QED) is 0.364. The van der Waals surface area contributed by atoms with E-state index in [1.165, 1.54) is 16.2 Å². The van der Waals surface area contributed by atoms with Crippen molar-refractivity contribution in [2.24, 2.45) is 17.1 Å². The van der Waals surface area contributed by atoms with Gasteiger partial charge >= 0.3 is 0 Å². The van der Waals surface area contributed by atoms with Gasteiger partial charge < -0.3 is 15.8 Å². The number of thiocarbonyl (C=S) groups is 1. The van der Waals surface area contributed by atoms with Crippen LogP contribution in [0, 0.1) is 11.3 Å². The van der Waals surface area contributed by atoms with Crippen LogP contribution in [0.15, 0.2) is 24.3 Å². The minimum atomic E-state index is -0.475. The van der Waals surface area contributed by atoms with Crippen LogP contribution in [0.5, 0.6) is 5.75 Å². The number of nitrogens with one attached hydrogen (secondary N) is 2. The number of unbranched alkanes of at least 4 members (excludes halogenated alkanes) is 1. The number of benzene rings is 1. The number of anilines is 1. The minimum absolute atomic E-state index is 0.136. The smallest absolute Gasteiger partial charge is 0.257 e. The van der Waals surface area contributed by atoms with E-state index in [4.69, 9.17) is 22.7 Å². The SMILES string of the molecule is CCCCOc1ccc(C(=O)NC(=S)Nc2sc3c(c2C(N)=O)CC[C@H](C(C)(C)C)C3)cc1. The van der Waals surface area contributed by atoms with Crippen LogP contribution in [-0.2, 0) is 12.8 Å². The predicted molar refractivity (Wildman–Crippen MR) is 138 cm³/mol. The standard InChI is InChI=1S/C25H33N3O3S2/c1-5-6-13-31-17-10-7-15(8-11-17)22(30)27-24(32)28-23-20(21(26)29)18-12-9-16(25(2,3)4)14-19(18)33-23/h7-8,10-11,16H,5-6,9,12-14H2,1-4H3,(H2,26,29)(H2,27,28,30,32)/t16-/m0/s1. The average Bonchev–Trinajstić information content (AvgIpc) is 3.10. The summed E-state index contributed by atoms with van der Waals surface area (Å²) in [6.07, 6.45) is 4.80. The Morgan fingerprint density at radius 3 is 2.55 bits per heavy atom. The van der Waals surface area contributed by atoms with Crippen LogP contribution in [0.25, 0.3) is 0 Å². The molecule has 3 rings (SSSR count). The van der Waals surface area contributed by atoms with Gasteiger partial charge in [0, 0.05) is 10.4 Å². The normalized spacial score (nSPS) is 15.5. The summed E-state index contributed by atoms with van der Waals surface area (Å²) in [5.74, 6) is 0.460. The van der Waals surface area contributed by atoms with Gasteiger partial charge in [-0.05, 0) is 79.1 Å². The molecule has 2 aromatic rings. The first kappa shape index (κ1) is 25.2. The van der Waals surface area contributed by atoms with Gasteiger partial charge in [0.1, 0.15) is 10.8 Å². The molecule has 2 amide bonds. The fourth-order valence-corrected chi connectivity index (χ4v) is 5.62. The lowest BCUT2D eigenvalue weighted by Crippen LogP contribution is -2.34. The molecule has 1 aromatic heterocycles. The number of ether oxygens (including phenoxy) is 1. The molecule has 1 aromatic carbocycles. The molecule has 1 atom stereocenters. The molecular formula is C25H33N3O3S2. The van der Waals surface area contributed by atoms with Crippen molar-refractivity contribution in [1.82, 2.24) is 5.32 Å². The molecule has 1 aliphatic rings. The number of nitrogens with two attached hydrogens (primary N) is 1. The van der Waals surface area contributed by atoms with E-state index in [9.17, 15) is 9.59 Å². The molecule has 8 heteroatoms. The van der Waals surface area contributed by atoms with Crippen molar-refractivity contribution in [3.05, 3.63) is 45.8 Å². The van der Waals surface area contributed by atoms with Gasteiger partial charge in [0.15, 0.2) is 5.11 Å². The van der Waals surface area contributed by atoms with Crippen molar-refractivity contribution in [3.63, 3.8) is 0 Å². The highest BCUT2D eigenvalue weighted by atomic mass is 32.1. The zero-order valence-corrected chi connectivity index (χ0v) is 21.4. The molecule has 0 spiro atoms. The molecule has 0 saturated heterocycles. The second kappa shape index (κ2) is 10.7. The zero-order valence-electron chi connectivity index (χ0n) is 19.7. The molecule has 178 valence electrons. The Morgan fingerprint density at radius 2 is 1.94 bits per heavy atom. The van der Waals surface area contributed by atoms with Gasteiger partial charge in [0.2, 0.25) is 0 Å². The molecule has 4 N–H and O–H groups in total. The minimum Gasteiger partial charge on any atom is -0.494 e. The summed E-state index contributed by atoms with van der Waals surface area (Å²) in [7, 11) is 0. The second-order valence-corrected chi connectivity index (χ2v) is 11.0. The lowest BCUT2D eigenvalue weighted by atomic mass is 9.72. The van der Waals surface area contributed by atoms with Gasteiger partial charge in [-0.1, -0.05) is 34.1 Å². The largest absolute Gasteiger partial charge is 0.494 e. The van der Waals surface area contributed by atoms with Crippen LogP contribution < -0.4 is 21.1 Å². The molecule has 6 nitrogen and oxygen atoms in total. The lowest BCUT2D eigenvalue weighted by molar-refractivity contribution is 0.0975. The molecule has 0 radical (unpaired) electrons. The van der Waals surface area contributed by atoms with E-state index in [1.807, 2.05) is 0 Å². The van der Waals surface area contributed by atoms with Gasteiger partial charge in [0.25, 0.3) is 11.8 Å². The van der Waals surface area contributed by atoms with Gasteiger partial charge in [-0.3, -0.25) is 14.9 Å². The van der Waals surface area contributed by atoms with E-state index in [0.29, 0.717) is 28.7 Å². The number of hydrogen-bond donors (Lipinski definition) is 3. The molecule has 1 aliphatic carbocycles. The maximum atomic E-state index is 12.6. The Balaban J connectivity index is 1.67. The first-order chi connectivity index (χ1) is 15.6. The van der Waals surface area contributed by atoms with E-state index in [2.05, 4.69) is 38.3 Å². The van der Waals surface area contributed by atoms with Crippen LogP contribution in [0.4, 0.5) is 5.00 Å². The van der Waals surface area contributed by atoms with Crippen LogP contribution in [0.3, 0.4) is 0 Å². The Bertz CT molecular complexity index is 1020. The highest BCUT2D eigenvalue weighted by molar-refractivity contribution is 7.80. The maximum Gasteiger partial charge on any atom is 0.257 e. The Labute approximate surface area is 205 Å². The monoisotopic (exact) mass is 487 g/mol. The lowest BCUT2D eigenvalue weighted by Gasteiger charge is -2.33. The van der Waals surface area contributed by atoms with Crippen LogP contribution in [-0.4, -0.2) is 23.5 Å². The van der Waals surface area contributed by atoms with E-state index in [0.717, 1.165) is 43.4 Å². The summed E-state index contributed by atoms with van der Waals surface area (Å²) >= 11 is 6.87. The number of rotatable bonds is 7. The van der Waals surface area contributed by atoms with Gasteiger partial charge in [-0.25, -0.2) is 0 Å². The fourth-order valence-electron chi connectivity index (χ4n) is 4.02. The second-order valence-electron chi connectivity index (χ2n) is 9.51. The molecule has 0 unspecified atom stereocenters. The van der Waals surface area contributed by atoms with Crippen molar-refractivity contribution < 1.29 is 14.3 Å². The van der Waals surface area contributed by atoms with Gasteiger partial charge in [-0.15, -0.1) is 11.3 Å². The third-order valence-corrected chi connectivity index (χ3v) is 7.45. The number of carbonyl (C=O) groups is 2. The van der Waals surface area contributed by atoms with Crippen molar-refractivity contribution in [2.75, 3.05) is 11.9 Å². The molecule has 0 aliphatic heterocycles. The molecule has 1 heterocycles. The van der Waals surface area contributed by atoms with E-state index in [1.54, 1.807) is 24.3 Å². The molecule has 0 fully saturated rings. The number of primary amides is 1. The third-order valence-electron chi connectivity index (χ3n) is 6.07. The topological polar surface area (TPSA) is 93.4 Å². The van der Waals surface area contributed by atoms with E-state index in [-0.39, 0.29) is 16.4 Å². The molecule has 0 saturated carbocycles. The van der Waals surface area contributed by atoms with Crippen molar-refractivity contribution in [1.29, 1.82) is 0 Å². The molecule has 33 heavy (non-hydrogen) atoms. The van der Waals surface area contributed by atoms with Crippen LogP contribution in [0.2, 0.25) is 0 Å². The molecular weight excluding hydrogens is 454 g/mol. The Kier molecular flexibility index (Phi) is 8.13. The zero-order chi connectivity index (χ0) is 24.2. The summed E-state index contributed by atoms with van der Waals surface area (Å²) in [5.41, 5.74) is 7.89. The summed E-state index contributed by atoms with van der Waals surface area (Å²) in [6, 6.07) is 6.94. The highest BCUT2D eigenvalue weighted by Crippen LogP contribution is 2.44. The summed E-state index contributed by atoms with van der Waals surface area (Å²) in [6.45, 7) is 9.50. The first-order valence-corrected chi connectivity index (χ1v) is 12.6. The van der Waals surface area contributed by atoms with E-state index < -0.39 is 5.91 Å². The van der Waals surface area contributed by atoms with Gasteiger partial charge in [-0.2, -0.15) is 0 Å². The first-order valence-electron chi connectivity index (χ1n) is 11.4. The maximum absolute atomic E-state index is 12.6. The van der Waals surface area contributed by atoms with Crippen LogP contribution in [0.1, 0.15) is 78.1 Å². The fraction of sp³-hybridized carbons (Fsp3) is 0.480. The highest BCUT2D eigenvalue weighted by Gasteiger charge is 2.33. The van der Waals surface area contributed by atoms with Gasteiger partial charge in [0.05, 0.1) is 12.2 Å². The van der Waals surface area contributed by atoms with Crippen molar-refractivity contribution in [3.8, 4) is 5.75 Å². The molecule has 0 bridgehead atoms.